The van der Waals surface area contributed by atoms with Gasteiger partial charge in [-0.25, -0.2) is 0 Å². The number of benzene rings is 3. The molecule has 0 saturated heterocycles. The first kappa shape index (κ1) is 21.4. The monoisotopic (exact) mass is 454 g/mol. The second kappa shape index (κ2) is 9.55. The zero-order chi connectivity index (χ0) is 23.3. The van der Waals surface area contributed by atoms with Crippen molar-refractivity contribution in [2.75, 3.05) is 0 Å². The standard InChI is InChI=1S/C25H22N6O3/c32-24(33)23(14-18-16-27-22-12-5-4-11-21(18)22)26-15-17-7-6-10-20(13-17)34-25-28-29-30-31(25)19-8-2-1-3-9-19/h1-13,16,23,26-27H,14-15H2,(H,32,33)/t23-/m1/s1. The number of hydrogen-bond donors (Lipinski definition) is 3. The molecule has 2 heterocycles. The number of nitrogens with one attached hydrogen (secondary N) is 2. The number of aliphatic carboxylic acids is 1. The van der Waals surface area contributed by atoms with E-state index in [4.69, 9.17) is 4.74 Å². The summed E-state index contributed by atoms with van der Waals surface area (Å²) < 4.78 is 7.42. The number of para-hydroxylation sites is 2. The number of fused-ring (bicyclic) bond motifs is 1. The Hall–Kier alpha value is -4.50. The minimum absolute atomic E-state index is 0.235. The van der Waals surface area contributed by atoms with Gasteiger partial charge >= 0.3 is 12.0 Å². The summed E-state index contributed by atoms with van der Waals surface area (Å²) in [5.74, 6) is -0.352. The van der Waals surface area contributed by atoms with Crippen molar-refractivity contribution < 1.29 is 14.6 Å². The Balaban J connectivity index is 1.27. The first-order valence-electron chi connectivity index (χ1n) is 10.8. The fourth-order valence-corrected chi connectivity index (χ4v) is 3.81. The summed E-state index contributed by atoms with van der Waals surface area (Å²) in [5.41, 5.74) is 3.60. The average molecular weight is 454 g/mol. The molecule has 0 spiro atoms. The number of H-pyrrole nitrogens is 1. The van der Waals surface area contributed by atoms with Crippen LogP contribution in [0.2, 0.25) is 0 Å². The lowest BCUT2D eigenvalue weighted by molar-refractivity contribution is -0.139. The minimum Gasteiger partial charge on any atom is -0.480 e. The van der Waals surface area contributed by atoms with Crippen molar-refractivity contribution in [3.8, 4) is 17.4 Å². The largest absolute Gasteiger partial charge is 0.480 e. The van der Waals surface area contributed by atoms with Gasteiger partial charge in [-0.2, -0.15) is 4.68 Å². The second-order valence-electron chi connectivity index (χ2n) is 7.79. The molecule has 0 aliphatic heterocycles. The summed E-state index contributed by atoms with van der Waals surface area (Å²) in [5, 5.41) is 25.6. The van der Waals surface area contributed by atoms with E-state index in [9.17, 15) is 9.90 Å². The van der Waals surface area contributed by atoms with Gasteiger partial charge in [-0.1, -0.05) is 53.6 Å². The van der Waals surface area contributed by atoms with E-state index in [0.29, 0.717) is 18.7 Å². The van der Waals surface area contributed by atoms with Gasteiger partial charge in [0.15, 0.2) is 0 Å². The number of aromatic nitrogens is 5. The van der Waals surface area contributed by atoms with Crippen LogP contribution < -0.4 is 10.1 Å². The van der Waals surface area contributed by atoms with Crippen LogP contribution in [0.25, 0.3) is 16.6 Å². The van der Waals surface area contributed by atoms with Gasteiger partial charge in [0, 0.05) is 30.1 Å². The molecule has 3 aromatic carbocycles. The number of aromatic amines is 1. The van der Waals surface area contributed by atoms with E-state index in [1.54, 1.807) is 6.07 Å². The molecule has 170 valence electrons. The lowest BCUT2D eigenvalue weighted by Crippen LogP contribution is -2.38. The minimum atomic E-state index is -0.903. The summed E-state index contributed by atoms with van der Waals surface area (Å²) >= 11 is 0. The maximum atomic E-state index is 11.9. The van der Waals surface area contributed by atoms with Crippen molar-refractivity contribution in [1.82, 2.24) is 30.5 Å². The van der Waals surface area contributed by atoms with Gasteiger partial charge in [0.25, 0.3) is 0 Å². The first-order chi connectivity index (χ1) is 16.7. The van der Waals surface area contributed by atoms with Gasteiger partial charge in [0.05, 0.1) is 5.69 Å². The molecular weight excluding hydrogens is 432 g/mol. The highest BCUT2D eigenvalue weighted by Crippen LogP contribution is 2.23. The predicted molar refractivity (Wildman–Crippen MR) is 126 cm³/mol. The number of carbonyl (C=O) groups is 1. The van der Waals surface area contributed by atoms with Crippen molar-refractivity contribution >= 4 is 16.9 Å². The highest BCUT2D eigenvalue weighted by atomic mass is 16.5. The van der Waals surface area contributed by atoms with E-state index < -0.39 is 12.0 Å². The van der Waals surface area contributed by atoms with Gasteiger partial charge in [-0.3, -0.25) is 4.79 Å². The Morgan fingerprint density at radius 2 is 1.88 bits per heavy atom. The van der Waals surface area contributed by atoms with E-state index in [-0.39, 0.29) is 6.01 Å². The van der Waals surface area contributed by atoms with Crippen LogP contribution >= 0.6 is 0 Å². The molecule has 0 amide bonds. The molecule has 5 aromatic rings. The third-order valence-corrected chi connectivity index (χ3v) is 5.50. The van der Waals surface area contributed by atoms with Crippen LogP contribution in [-0.4, -0.2) is 42.3 Å². The lowest BCUT2D eigenvalue weighted by atomic mass is 10.0. The topological polar surface area (TPSA) is 118 Å². The molecule has 0 fully saturated rings. The quantitative estimate of drug-likeness (QED) is 0.311. The van der Waals surface area contributed by atoms with E-state index in [1.165, 1.54) is 4.68 Å². The Labute approximate surface area is 195 Å². The van der Waals surface area contributed by atoms with E-state index in [0.717, 1.165) is 27.7 Å². The summed E-state index contributed by atoms with van der Waals surface area (Å²) in [6, 6.07) is 24.2. The molecule has 2 aromatic heterocycles. The van der Waals surface area contributed by atoms with Crippen molar-refractivity contribution in [1.29, 1.82) is 0 Å². The van der Waals surface area contributed by atoms with Gasteiger partial charge in [-0.05, 0) is 51.9 Å². The van der Waals surface area contributed by atoms with Gasteiger partial charge in [0.2, 0.25) is 0 Å². The second-order valence-corrected chi connectivity index (χ2v) is 7.79. The number of rotatable bonds is 9. The zero-order valence-electron chi connectivity index (χ0n) is 18.1. The van der Waals surface area contributed by atoms with Gasteiger partial charge < -0.3 is 20.1 Å². The highest BCUT2D eigenvalue weighted by Gasteiger charge is 2.19. The van der Waals surface area contributed by atoms with Crippen molar-refractivity contribution in [3.05, 3.63) is 96.2 Å². The number of carboxylic acid groups (broad SMARTS) is 1. The fourth-order valence-electron chi connectivity index (χ4n) is 3.81. The van der Waals surface area contributed by atoms with Crippen LogP contribution in [0.5, 0.6) is 11.8 Å². The molecule has 0 aliphatic rings. The Kier molecular flexibility index (Phi) is 6.00. The summed E-state index contributed by atoms with van der Waals surface area (Å²) in [4.78, 5) is 15.1. The normalized spacial score (nSPS) is 12.0. The number of tetrazole rings is 1. The number of nitrogens with zero attached hydrogens (tertiary/aromatic N) is 4. The molecule has 0 saturated carbocycles. The molecule has 3 N–H and O–H groups in total. The van der Waals surface area contributed by atoms with Crippen LogP contribution in [0.3, 0.4) is 0 Å². The number of hydrogen-bond acceptors (Lipinski definition) is 6. The summed E-state index contributed by atoms with van der Waals surface area (Å²) in [6.45, 7) is 0.361. The first-order valence-corrected chi connectivity index (χ1v) is 10.8. The zero-order valence-corrected chi connectivity index (χ0v) is 18.1. The molecule has 34 heavy (non-hydrogen) atoms. The maximum Gasteiger partial charge on any atom is 0.345 e. The number of carboxylic acids is 1. The van der Waals surface area contributed by atoms with Crippen molar-refractivity contribution in [2.45, 2.75) is 19.0 Å². The Bertz CT molecular complexity index is 1410. The summed E-state index contributed by atoms with van der Waals surface area (Å²) in [6.07, 6.45) is 2.23. The van der Waals surface area contributed by atoms with E-state index in [1.807, 2.05) is 79.0 Å². The van der Waals surface area contributed by atoms with Crippen LogP contribution in [0.1, 0.15) is 11.1 Å². The molecule has 0 bridgehead atoms. The molecule has 0 unspecified atom stereocenters. The predicted octanol–water partition coefficient (Wildman–Crippen LogP) is 3.72. The molecule has 0 aliphatic carbocycles. The van der Waals surface area contributed by atoms with Gasteiger partial charge in [-0.15, -0.1) is 0 Å². The molecule has 0 radical (unpaired) electrons. The third kappa shape index (κ3) is 4.64. The highest BCUT2D eigenvalue weighted by molar-refractivity contribution is 5.84. The SMILES string of the molecule is O=C(O)[C@@H](Cc1c[nH]c2ccccc12)NCc1cccc(Oc2nnnn2-c2ccccc2)c1. The smallest absolute Gasteiger partial charge is 0.345 e. The Morgan fingerprint density at radius 3 is 2.74 bits per heavy atom. The van der Waals surface area contributed by atoms with E-state index >= 15 is 0 Å². The molecule has 5 rings (SSSR count). The average Bonchev–Trinajstić information content (AvgIpc) is 3.49. The third-order valence-electron chi connectivity index (χ3n) is 5.50. The van der Waals surface area contributed by atoms with Crippen molar-refractivity contribution in [2.24, 2.45) is 0 Å². The van der Waals surface area contributed by atoms with E-state index in [2.05, 4.69) is 25.8 Å². The summed E-state index contributed by atoms with van der Waals surface area (Å²) in [7, 11) is 0. The van der Waals surface area contributed by atoms with Crippen LogP contribution in [0, 0.1) is 0 Å². The van der Waals surface area contributed by atoms with Crippen molar-refractivity contribution in [3.63, 3.8) is 0 Å². The molecule has 9 nitrogen and oxygen atoms in total. The maximum absolute atomic E-state index is 11.9. The van der Waals surface area contributed by atoms with Gasteiger partial charge in [0.1, 0.15) is 11.8 Å². The molecule has 9 heteroatoms. The van der Waals surface area contributed by atoms with Crippen LogP contribution in [0.15, 0.2) is 85.1 Å². The molecular formula is C25H22N6O3. The Morgan fingerprint density at radius 1 is 1.06 bits per heavy atom. The lowest BCUT2D eigenvalue weighted by Gasteiger charge is -2.15. The molecule has 1 atom stereocenters. The number of ether oxygens (including phenoxy) is 1. The van der Waals surface area contributed by atoms with Crippen LogP contribution in [0.4, 0.5) is 0 Å². The van der Waals surface area contributed by atoms with Crippen LogP contribution in [-0.2, 0) is 17.8 Å². The fraction of sp³-hybridized carbons (Fsp3) is 0.120.